The van der Waals surface area contributed by atoms with Crippen LogP contribution in [0.25, 0.3) is 10.9 Å². The number of fused-ring (bicyclic) bond motifs is 1. The van der Waals surface area contributed by atoms with Gasteiger partial charge in [0, 0.05) is 4.47 Å². The van der Waals surface area contributed by atoms with Crippen molar-refractivity contribution >= 4 is 32.8 Å². The molecule has 0 fully saturated rings. The van der Waals surface area contributed by atoms with Crippen LogP contribution in [0.2, 0.25) is 0 Å². The molecule has 0 saturated carbocycles. The minimum Gasteiger partial charge on any atom is -0.465 e. The largest absolute Gasteiger partial charge is 0.465 e. The highest BCUT2D eigenvalue weighted by Crippen LogP contribution is 2.21. The number of carbonyl (C=O) groups is 1. The van der Waals surface area contributed by atoms with Crippen molar-refractivity contribution in [2.75, 3.05) is 7.11 Å². The maximum atomic E-state index is 11.5. The summed E-state index contributed by atoms with van der Waals surface area (Å²) in [6, 6.07) is 3.03. The van der Waals surface area contributed by atoms with Crippen molar-refractivity contribution in [1.29, 1.82) is 0 Å². The SMILES string of the molecule is COC(=O)c1cc(Br)c2nc[nH]c(=O)c2c1. The summed E-state index contributed by atoms with van der Waals surface area (Å²) in [7, 11) is 1.29. The van der Waals surface area contributed by atoms with Gasteiger partial charge >= 0.3 is 5.97 Å². The van der Waals surface area contributed by atoms with Gasteiger partial charge in [-0.3, -0.25) is 4.79 Å². The van der Waals surface area contributed by atoms with Crippen molar-refractivity contribution in [3.63, 3.8) is 0 Å². The number of nitrogens with zero attached hydrogens (tertiary/aromatic N) is 1. The summed E-state index contributed by atoms with van der Waals surface area (Å²) in [5.41, 5.74) is 0.522. The van der Waals surface area contributed by atoms with E-state index in [4.69, 9.17) is 0 Å². The quantitative estimate of drug-likeness (QED) is 0.804. The van der Waals surface area contributed by atoms with E-state index in [1.54, 1.807) is 6.07 Å². The number of hydrogen-bond acceptors (Lipinski definition) is 4. The fraction of sp³-hybridized carbons (Fsp3) is 0.100. The van der Waals surface area contributed by atoms with Gasteiger partial charge < -0.3 is 9.72 Å². The smallest absolute Gasteiger partial charge is 0.337 e. The molecule has 1 aromatic carbocycles. The summed E-state index contributed by atoms with van der Waals surface area (Å²) in [6.07, 6.45) is 1.31. The average Bonchev–Trinajstić information content (AvgIpc) is 2.29. The summed E-state index contributed by atoms with van der Waals surface area (Å²) in [5.74, 6) is -0.495. The number of ether oxygens (including phenoxy) is 1. The zero-order valence-corrected chi connectivity index (χ0v) is 9.87. The highest BCUT2D eigenvalue weighted by atomic mass is 79.9. The second kappa shape index (κ2) is 4.05. The van der Waals surface area contributed by atoms with Crippen LogP contribution in [-0.4, -0.2) is 23.0 Å². The molecule has 1 N–H and O–H groups in total. The van der Waals surface area contributed by atoms with E-state index in [1.807, 2.05) is 0 Å². The topological polar surface area (TPSA) is 72.0 Å². The summed E-state index contributed by atoms with van der Waals surface area (Å²) >= 11 is 3.26. The first-order valence-corrected chi connectivity index (χ1v) is 5.18. The van der Waals surface area contributed by atoms with E-state index < -0.39 is 5.97 Å². The molecule has 6 heteroatoms. The Morgan fingerprint density at radius 3 is 2.94 bits per heavy atom. The van der Waals surface area contributed by atoms with Gasteiger partial charge in [-0.2, -0.15) is 0 Å². The third kappa shape index (κ3) is 1.71. The van der Waals surface area contributed by atoms with Gasteiger partial charge in [0.05, 0.1) is 29.9 Å². The van der Waals surface area contributed by atoms with Gasteiger partial charge in [-0.15, -0.1) is 0 Å². The Labute approximate surface area is 98.6 Å². The van der Waals surface area contributed by atoms with E-state index in [1.165, 1.54) is 19.5 Å². The number of halogens is 1. The third-order valence-electron chi connectivity index (χ3n) is 2.12. The minimum atomic E-state index is -0.495. The summed E-state index contributed by atoms with van der Waals surface area (Å²) in [4.78, 5) is 29.3. The molecule has 2 aromatic rings. The molecule has 16 heavy (non-hydrogen) atoms. The molecule has 82 valence electrons. The van der Waals surface area contributed by atoms with Gasteiger partial charge in [-0.25, -0.2) is 9.78 Å². The molecular formula is C10H7BrN2O3. The molecule has 0 aliphatic carbocycles. The maximum absolute atomic E-state index is 11.5. The van der Waals surface area contributed by atoms with Crippen LogP contribution in [0, 0.1) is 0 Å². The van der Waals surface area contributed by atoms with Crippen molar-refractivity contribution in [2.24, 2.45) is 0 Å². The number of aromatic amines is 1. The fourth-order valence-electron chi connectivity index (χ4n) is 1.37. The second-order valence-electron chi connectivity index (χ2n) is 3.08. The molecule has 0 saturated heterocycles. The molecule has 1 aromatic heterocycles. The molecule has 0 radical (unpaired) electrons. The van der Waals surface area contributed by atoms with Crippen LogP contribution in [-0.2, 0) is 4.74 Å². The van der Waals surface area contributed by atoms with E-state index >= 15 is 0 Å². The van der Waals surface area contributed by atoms with Crippen LogP contribution in [0.3, 0.4) is 0 Å². The van der Waals surface area contributed by atoms with Crippen molar-refractivity contribution in [3.05, 3.63) is 38.9 Å². The molecule has 0 atom stereocenters. The average molecular weight is 283 g/mol. The lowest BCUT2D eigenvalue weighted by Gasteiger charge is -2.03. The Balaban J connectivity index is 2.80. The number of H-pyrrole nitrogens is 1. The van der Waals surface area contributed by atoms with Crippen LogP contribution >= 0.6 is 15.9 Å². The molecule has 0 aliphatic rings. The number of rotatable bonds is 1. The van der Waals surface area contributed by atoms with E-state index in [2.05, 4.69) is 30.6 Å². The second-order valence-corrected chi connectivity index (χ2v) is 3.93. The minimum absolute atomic E-state index is 0.295. The third-order valence-corrected chi connectivity index (χ3v) is 2.72. The van der Waals surface area contributed by atoms with Crippen LogP contribution in [0.5, 0.6) is 0 Å². The zero-order chi connectivity index (χ0) is 11.7. The van der Waals surface area contributed by atoms with Gasteiger partial charge in [0.25, 0.3) is 5.56 Å². The number of methoxy groups -OCH3 is 1. The van der Waals surface area contributed by atoms with Crippen LogP contribution in [0.1, 0.15) is 10.4 Å². The lowest BCUT2D eigenvalue weighted by Crippen LogP contribution is -2.09. The summed E-state index contributed by atoms with van der Waals surface area (Å²) < 4.78 is 5.17. The molecule has 1 heterocycles. The first-order valence-electron chi connectivity index (χ1n) is 4.38. The predicted molar refractivity (Wildman–Crippen MR) is 61.4 cm³/mol. The summed E-state index contributed by atoms with van der Waals surface area (Å²) in [6.45, 7) is 0. The van der Waals surface area contributed by atoms with Gasteiger partial charge in [-0.1, -0.05) is 0 Å². The number of carbonyl (C=O) groups excluding carboxylic acids is 1. The first-order chi connectivity index (χ1) is 7.63. The Morgan fingerprint density at radius 2 is 2.25 bits per heavy atom. The van der Waals surface area contributed by atoms with Gasteiger partial charge in [0.15, 0.2) is 0 Å². The predicted octanol–water partition coefficient (Wildman–Crippen LogP) is 1.47. The number of nitrogens with one attached hydrogen (secondary N) is 1. The van der Waals surface area contributed by atoms with Gasteiger partial charge in [0.2, 0.25) is 0 Å². The molecule has 0 amide bonds. The maximum Gasteiger partial charge on any atom is 0.337 e. The molecule has 0 aliphatic heterocycles. The molecule has 0 bridgehead atoms. The standard InChI is InChI=1S/C10H7BrN2O3/c1-16-10(15)5-2-6-8(7(11)3-5)12-4-13-9(6)14/h2-4H,1H3,(H,12,13,14). The summed E-state index contributed by atoms with van der Waals surface area (Å²) in [5, 5.41) is 0.345. The van der Waals surface area contributed by atoms with Crippen LogP contribution in [0.15, 0.2) is 27.7 Å². The first kappa shape index (κ1) is 10.8. The van der Waals surface area contributed by atoms with Crippen molar-refractivity contribution in [3.8, 4) is 0 Å². The molecule has 0 unspecified atom stereocenters. The zero-order valence-electron chi connectivity index (χ0n) is 8.28. The van der Waals surface area contributed by atoms with Gasteiger partial charge in [-0.05, 0) is 28.1 Å². The number of esters is 1. The van der Waals surface area contributed by atoms with Crippen LogP contribution in [0.4, 0.5) is 0 Å². The highest BCUT2D eigenvalue weighted by molar-refractivity contribution is 9.10. The lowest BCUT2D eigenvalue weighted by atomic mass is 10.1. The number of hydrogen-bond donors (Lipinski definition) is 1. The van der Waals surface area contributed by atoms with Crippen molar-refractivity contribution < 1.29 is 9.53 Å². The normalized spacial score (nSPS) is 10.4. The molecule has 2 rings (SSSR count). The van der Waals surface area contributed by atoms with Gasteiger partial charge in [0.1, 0.15) is 0 Å². The Morgan fingerprint density at radius 1 is 1.50 bits per heavy atom. The lowest BCUT2D eigenvalue weighted by molar-refractivity contribution is 0.0601. The van der Waals surface area contributed by atoms with E-state index in [-0.39, 0.29) is 5.56 Å². The Bertz CT molecular complexity index is 621. The van der Waals surface area contributed by atoms with Crippen LogP contribution < -0.4 is 5.56 Å². The Kier molecular flexibility index (Phi) is 2.74. The highest BCUT2D eigenvalue weighted by Gasteiger charge is 2.11. The molecule has 0 spiro atoms. The number of aromatic nitrogens is 2. The number of benzene rings is 1. The fourth-order valence-corrected chi connectivity index (χ4v) is 1.93. The van der Waals surface area contributed by atoms with E-state index in [0.717, 1.165) is 0 Å². The van der Waals surface area contributed by atoms with E-state index in [0.29, 0.717) is 20.9 Å². The molecule has 5 nitrogen and oxygen atoms in total. The Hall–Kier alpha value is -1.69. The van der Waals surface area contributed by atoms with Crippen molar-refractivity contribution in [1.82, 2.24) is 9.97 Å². The monoisotopic (exact) mass is 282 g/mol. The molecular weight excluding hydrogens is 276 g/mol. The van der Waals surface area contributed by atoms with E-state index in [9.17, 15) is 9.59 Å². The van der Waals surface area contributed by atoms with Crippen molar-refractivity contribution in [2.45, 2.75) is 0 Å².